The largest absolute Gasteiger partial charge is 0.465 e. The van der Waals surface area contributed by atoms with Crippen molar-refractivity contribution in [2.45, 2.75) is 13.8 Å². The lowest BCUT2D eigenvalue weighted by Crippen LogP contribution is -2.11. The zero-order chi connectivity index (χ0) is 23.1. The van der Waals surface area contributed by atoms with Crippen LogP contribution in [0.4, 0.5) is 0 Å². The summed E-state index contributed by atoms with van der Waals surface area (Å²) >= 11 is 0. The highest BCUT2D eigenvalue weighted by molar-refractivity contribution is 6.03. The van der Waals surface area contributed by atoms with Gasteiger partial charge in [0.2, 0.25) is 0 Å². The van der Waals surface area contributed by atoms with Crippen LogP contribution in [0.3, 0.4) is 0 Å². The van der Waals surface area contributed by atoms with Gasteiger partial charge in [0.05, 0.1) is 50.7 Å². The average molecular weight is 418 g/mol. The minimum absolute atomic E-state index is 0.210. The quantitative estimate of drug-likeness (QED) is 0.548. The molecule has 0 radical (unpaired) electrons. The summed E-state index contributed by atoms with van der Waals surface area (Å²) in [5.41, 5.74) is 0.840. The molecule has 0 fully saturated rings. The Morgan fingerprint density at radius 1 is 0.467 bits per heavy atom. The molecule has 0 spiro atoms. The van der Waals surface area contributed by atoms with Crippen molar-refractivity contribution >= 4 is 23.9 Å². The number of carbonyl (C=O) groups excluding carboxylic acids is 4. The first-order chi connectivity index (χ1) is 14.4. The van der Waals surface area contributed by atoms with E-state index in [1.807, 2.05) is 13.8 Å². The molecule has 0 saturated heterocycles. The number of hydrogen-bond acceptors (Lipinski definition) is 8. The Labute approximate surface area is 175 Å². The summed E-state index contributed by atoms with van der Waals surface area (Å²) in [7, 11) is 5.04. The maximum atomic E-state index is 11.2. The second kappa shape index (κ2) is 14.3. The molecule has 8 heteroatoms. The Balaban J connectivity index is 0.000000518. The topological polar surface area (TPSA) is 105 Å². The van der Waals surface area contributed by atoms with E-state index in [-0.39, 0.29) is 22.3 Å². The number of carbonyl (C=O) groups is 4. The predicted molar refractivity (Wildman–Crippen MR) is 110 cm³/mol. The summed E-state index contributed by atoms with van der Waals surface area (Å²) in [4.78, 5) is 44.9. The van der Waals surface area contributed by atoms with E-state index in [1.54, 1.807) is 24.3 Å². The van der Waals surface area contributed by atoms with E-state index in [0.717, 1.165) is 0 Å². The average Bonchev–Trinajstić information content (AvgIpc) is 2.83. The number of hydrogen-bond donors (Lipinski definition) is 0. The fourth-order valence-corrected chi connectivity index (χ4v) is 2.12. The highest BCUT2D eigenvalue weighted by Gasteiger charge is 2.17. The highest BCUT2D eigenvalue weighted by atomic mass is 16.5. The van der Waals surface area contributed by atoms with Crippen molar-refractivity contribution in [3.05, 3.63) is 70.8 Å². The van der Waals surface area contributed by atoms with Gasteiger partial charge in [0.1, 0.15) is 0 Å². The first-order valence-corrected chi connectivity index (χ1v) is 8.92. The molecule has 0 heterocycles. The summed E-state index contributed by atoms with van der Waals surface area (Å²) in [5.74, 6) is -2.20. The molecular formula is C22H26O8. The lowest BCUT2D eigenvalue weighted by molar-refractivity contribution is 0.0555. The number of benzene rings is 2. The van der Waals surface area contributed by atoms with Crippen LogP contribution in [0.25, 0.3) is 0 Å². The fraction of sp³-hybridized carbons (Fsp3) is 0.273. The molecule has 2 rings (SSSR count). The van der Waals surface area contributed by atoms with Crippen LogP contribution in [0, 0.1) is 0 Å². The minimum Gasteiger partial charge on any atom is -0.465 e. The van der Waals surface area contributed by atoms with Crippen LogP contribution in [-0.2, 0) is 18.9 Å². The summed E-state index contributed by atoms with van der Waals surface area (Å²) in [5, 5.41) is 0. The maximum Gasteiger partial charge on any atom is 0.338 e. The van der Waals surface area contributed by atoms with Crippen molar-refractivity contribution in [2.75, 3.05) is 28.4 Å². The minimum atomic E-state index is -0.550. The Kier molecular flexibility index (Phi) is 12.6. The van der Waals surface area contributed by atoms with Crippen LogP contribution in [0.15, 0.2) is 48.5 Å². The van der Waals surface area contributed by atoms with Gasteiger partial charge in [0.25, 0.3) is 0 Å². The standard InChI is InChI=1S/2C10H10O4.C2H6/c2*1-13-9(11)7-5-3-4-6-8(7)10(12)14-2;1-2/h2*3-6H,1-2H3;1-2H3. The van der Waals surface area contributed by atoms with Gasteiger partial charge in [-0.1, -0.05) is 38.1 Å². The SMILES string of the molecule is CC.COC(=O)c1ccccc1C(=O)OC.COC(=O)c1ccccc1C(=O)OC. The molecular weight excluding hydrogens is 392 g/mol. The van der Waals surface area contributed by atoms with E-state index in [2.05, 4.69) is 18.9 Å². The third kappa shape index (κ3) is 7.38. The van der Waals surface area contributed by atoms with Gasteiger partial charge in [-0.05, 0) is 24.3 Å². The van der Waals surface area contributed by atoms with Gasteiger partial charge in [0.15, 0.2) is 0 Å². The van der Waals surface area contributed by atoms with Crippen molar-refractivity contribution in [1.29, 1.82) is 0 Å². The predicted octanol–water partition coefficient (Wildman–Crippen LogP) is 3.55. The smallest absolute Gasteiger partial charge is 0.338 e. The number of ether oxygens (including phenoxy) is 4. The molecule has 2 aromatic carbocycles. The van der Waals surface area contributed by atoms with E-state index >= 15 is 0 Å². The zero-order valence-corrected chi connectivity index (χ0v) is 17.9. The van der Waals surface area contributed by atoms with E-state index in [9.17, 15) is 19.2 Å². The zero-order valence-electron chi connectivity index (χ0n) is 17.9. The Morgan fingerprint density at radius 2 is 0.633 bits per heavy atom. The molecule has 0 aliphatic heterocycles. The molecule has 8 nitrogen and oxygen atoms in total. The van der Waals surface area contributed by atoms with E-state index < -0.39 is 23.9 Å². The second-order valence-electron chi connectivity index (χ2n) is 5.06. The summed E-state index contributed by atoms with van der Waals surface area (Å²) in [6, 6.07) is 12.7. The van der Waals surface area contributed by atoms with E-state index in [1.165, 1.54) is 52.7 Å². The first-order valence-electron chi connectivity index (χ1n) is 8.92. The Bertz CT molecular complexity index is 716. The number of esters is 4. The molecule has 0 aliphatic rings. The molecule has 0 aromatic heterocycles. The molecule has 0 N–H and O–H groups in total. The van der Waals surface area contributed by atoms with Gasteiger partial charge in [-0.2, -0.15) is 0 Å². The lowest BCUT2D eigenvalue weighted by atomic mass is 10.1. The maximum absolute atomic E-state index is 11.2. The summed E-state index contributed by atoms with van der Waals surface area (Å²) in [6.07, 6.45) is 0. The van der Waals surface area contributed by atoms with E-state index in [0.29, 0.717) is 0 Å². The molecule has 0 unspecified atom stereocenters. The van der Waals surface area contributed by atoms with Gasteiger partial charge in [-0.15, -0.1) is 0 Å². The number of methoxy groups -OCH3 is 4. The molecule has 2 aromatic rings. The molecule has 0 amide bonds. The van der Waals surface area contributed by atoms with Gasteiger partial charge in [0, 0.05) is 0 Å². The second-order valence-corrected chi connectivity index (χ2v) is 5.06. The fourth-order valence-electron chi connectivity index (χ4n) is 2.12. The third-order valence-corrected chi connectivity index (χ3v) is 3.48. The van der Waals surface area contributed by atoms with Crippen LogP contribution < -0.4 is 0 Å². The van der Waals surface area contributed by atoms with Crippen molar-refractivity contribution in [1.82, 2.24) is 0 Å². The van der Waals surface area contributed by atoms with Gasteiger partial charge in [-0.3, -0.25) is 0 Å². The van der Waals surface area contributed by atoms with Crippen molar-refractivity contribution in [3.8, 4) is 0 Å². The Morgan fingerprint density at radius 3 is 0.767 bits per heavy atom. The normalized spacial score (nSPS) is 8.87. The van der Waals surface area contributed by atoms with E-state index in [4.69, 9.17) is 0 Å². The van der Waals surface area contributed by atoms with Gasteiger partial charge >= 0.3 is 23.9 Å². The van der Waals surface area contributed by atoms with Gasteiger partial charge in [-0.25, -0.2) is 19.2 Å². The van der Waals surface area contributed by atoms with Crippen LogP contribution >= 0.6 is 0 Å². The van der Waals surface area contributed by atoms with Gasteiger partial charge < -0.3 is 18.9 Å². The molecule has 0 aliphatic carbocycles. The third-order valence-electron chi connectivity index (χ3n) is 3.48. The van der Waals surface area contributed by atoms with Crippen LogP contribution in [0.1, 0.15) is 55.3 Å². The first kappa shape index (κ1) is 26.3. The van der Waals surface area contributed by atoms with Crippen LogP contribution in [0.5, 0.6) is 0 Å². The molecule has 0 saturated carbocycles. The molecule has 0 atom stereocenters. The van der Waals surface area contributed by atoms with Crippen molar-refractivity contribution in [2.24, 2.45) is 0 Å². The summed E-state index contributed by atoms with van der Waals surface area (Å²) < 4.78 is 18.1. The van der Waals surface area contributed by atoms with Crippen molar-refractivity contribution < 1.29 is 38.1 Å². The van der Waals surface area contributed by atoms with Crippen LogP contribution in [0.2, 0.25) is 0 Å². The molecule has 30 heavy (non-hydrogen) atoms. The number of rotatable bonds is 4. The van der Waals surface area contributed by atoms with Crippen LogP contribution in [-0.4, -0.2) is 52.3 Å². The lowest BCUT2D eigenvalue weighted by Gasteiger charge is -2.04. The van der Waals surface area contributed by atoms with Crippen molar-refractivity contribution in [3.63, 3.8) is 0 Å². The summed E-state index contributed by atoms with van der Waals surface area (Å²) in [6.45, 7) is 4.00. The molecule has 0 bridgehead atoms. The highest BCUT2D eigenvalue weighted by Crippen LogP contribution is 2.11. The monoisotopic (exact) mass is 418 g/mol. The molecule has 162 valence electrons. The Hall–Kier alpha value is -3.68.